The number of fused-ring (bicyclic) bond motifs is 9. The third-order valence-corrected chi connectivity index (χ3v) is 13.2. The van der Waals surface area contributed by atoms with Crippen molar-refractivity contribution in [1.82, 2.24) is 0 Å². The molecular weight excluding hydrogens is 657 g/mol. The largest absolute Gasteiger partial charge is 0.376 e. The average molecular weight is 690 g/mol. The normalized spacial score (nSPS) is 14.8. The van der Waals surface area contributed by atoms with Crippen LogP contribution in [0, 0.1) is 0 Å². The van der Waals surface area contributed by atoms with Crippen molar-refractivity contribution in [3.05, 3.63) is 192 Å². The van der Waals surface area contributed by atoms with Gasteiger partial charge >= 0.3 is 6.85 Å². The van der Waals surface area contributed by atoms with Gasteiger partial charge in [0.1, 0.15) is 0 Å². The van der Waals surface area contributed by atoms with E-state index in [-0.39, 0.29) is 12.8 Å². The lowest BCUT2D eigenvalue weighted by Crippen LogP contribution is -2.62. The van der Waals surface area contributed by atoms with Crippen molar-refractivity contribution in [2.24, 2.45) is 0 Å². The summed E-state index contributed by atoms with van der Waals surface area (Å²) in [6, 6.07) is 66.0. The third-order valence-electron chi connectivity index (χ3n) is 12.0. The molecule has 246 valence electrons. The number of thiophene rings is 1. The molecule has 0 N–H and O–H groups in total. The topological polar surface area (TPSA) is 3.24 Å². The molecule has 0 amide bonds. The molecule has 2 aliphatic heterocycles. The van der Waals surface area contributed by atoms with E-state index in [9.17, 15) is 0 Å². The molecule has 3 aliphatic rings. The molecule has 1 aromatic heterocycles. The molecule has 0 saturated carbocycles. The molecular formula is C50H32BNS. The second-order valence-electron chi connectivity index (χ2n) is 14.8. The van der Waals surface area contributed by atoms with Crippen molar-refractivity contribution in [2.45, 2.75) is 12.3 Å². The lowest BCUT2D eigenvalue weighted by Gasteiger charge is -2.46. The first-order chi connectivity index (χ1) is 26.3. The molecule has 1 nitrogen and oxygen atoms in total. The average Bonchev–Trinajstić information content (AvgIpc) is 3.61. The Hall–Kier alpha value is -6.16. The van der Waals surface area contributed by atoms with E-state index in [0.29, 0.717) is 0 Å². The van der Waals surface area contributed by atoms with Gasteiger partial charge in [0.05, 0.1) is 0 Å². The first-order valence-electron chi connectivity index (χ1n) is 18.6. The van der Waals surface area contributed by atoms with Gasteiger partial charge in [-0.3, -0.25) is 0 Å². The molecule has 0 radical (unpaired) electrons. The summed E-state index contributed by atoms with van der Waals surface area (Å²) in [6.07, 6.45) is 1.02. The molecule has 53 heavy (non-hydrogen) atoms. The lowest BCUT2D eigenvalue weighted by molar-refractivity contribution is 0.812. The second kappa shape index (κ2) is 11.2. The van der Waals surface area contributed by atoms with Crippen molar-refractivity contribution >= 4 is 61.3 Å². The highest BCUT2D eigenvalue weighted by Gasteiger charge is 2.47. The molecule has 0 saturated heterocycles. The van der Waals surface area contributed by atoms with E-state index in [0.717, 1.165) is 6.42 Å². The number of nitrogens with zero attached hydrogens (tertiary/aromatic N) is 1. The molecule has 0 fully saturated rings. The van der Waals surface area contributed by atoms with Gasteiger partial charge in [-0.15, -0.1) is 11.3 Å². The molecule has 1 aliphatic carbocycles. The minimum atomic E-state index is 0.0266. The Kier molecular flexibility index (Phi) is 6.20. The van der Waals surface area contributed by atoms with Crippen LogP contribution in [0.4, 0.5) is 11.4 Å². The molecule has 1 atom stereocenters. The second-order valence-corrected chi connectivity index (χ2v) is 15.9. The van der Waals surface area contributed by atoms with Crippen LogP contribution in [-0.2, 0) is 6.42 Å². The van der Waals surface area contributed by atoms with Gasteiger partial charge in [0, 0.05) is 43.4 Å². The molecule has 1 unspecified atom stereocenters. The maximum absolute atomic E-state index is 2.66. The Labute approximate surface area is 313 Å². The highest BCUT2D eigenvalue weighted by molar-refractivity contribution is 7.19. The summed E-state index contributed by atoms with van der Waals surface area (Å²) in [5, 5.41) is 3.92. The van der Waals surface area contributed by atoms with E-state index >= 15 is 0 Å². The van der Waals surface area contributed by atoms with Crippen LogP contribution in [0.5, 0.6) is 0 Å². The van der Waals surface area contributed by atoms with E-state index in [2.05, 4.69) is 181 Å². The van der Waals surface area contributed by atoms with Crippen LogP contribution in [0.15, 0.2) is 176 Å². The highest BCUT2D eigenvalue weighted by Crippen LogP contribution is 2.53. The Morgan fingerprint density at radius 3 is 2.00 bits per heavy atom. The molecule has 8 aromatic carbocycles. The van der Waals surface area contributed by atoms with Crippen molar-refractivity contribution in [3.63, 3.8) is 0 Å². The summed E-state index contributed by atoms with van der Waals surface area (Å²) < 4.78 is 1.38. The lowest BCUT2D eigenvalue weighted by atomic mass is 9.39. The van der Waals surface area contributed by atoms with Crippen LogP contribution in [0.1, 0.15) is 21.9 Å². The summed E-state index contributed by atoms with van der Waals surface area (Å²) in [7, 11) is 0. The van der Waals surface area contributed by atoms with E-state index in [1.54, 1.807) is 0 Å². The predicted molar refractivity (Wildman–Crippen MR) is 227 cm³/mol. The summed E-state index contributed by atoms with van der Waals surface area (Å²) in [4.78, 5) is 4.17. The summed E-state index contributed by atoms with van der Waals surface area (Å²) in [5.74, 6) is 0.278. The third kappa shape index (κ3) is 4.26. The van der Waals surface area contributed by atoms with Gasteiger partial charge in [0.15, 0.2) is 0 Å². The standard InChI is InChI=1S/C50H32BNS/c1-3-12-31(13-4-1)33-22-24-37(25-23-33)52-45-29-35-17-8-7-16-34(35)26-40(45)42-27-36(32-14-5-2-6-15-32)28-43-41-30-47-49(38-18-9-10-21-46(38)53-47)39-19-11-20-44(48(39)41)51(52)50(42)43/h1-29,41H,30H2. The summed E-state index contributed by atoms with van der Waals surface area (Å²) in [6.45, 7) is 0.0266. The van der Waals surface area contributed by atoms with Crippen LogP contribution in [0.3, 0.4) is 0 Å². The summed E-state index contributed by atoms with van der Waals surface area (Å²) >= 11 is 1.99. The van der Waals surface area contributed by atoms with Crippen LogP contribution in [-0.4, -0.2) is 6.85 Å². The van der Waals surface area contributed by atoms with Gasteiger partial charge in [-0.1, -0.05) is 140 Å². The van der Waals surface area contributed by atoms with Crippen LogP contribution < -0.4 is 15.7 Å². The van der Waals surface area contributed by atoms with Gasteiger partial charge in [-0.2, -0.15) is 0 Å². The maximum atomic E-state index is 2.66. The minimum absolute atomic E-state index is 0.0266. The van der Waals surface area contributed by atoms with Crippen LogP contribution in [0.2, 0.25) is 0 Å². The first kappa shape index (κ1) is 29.4. The number of rotatable bonds is 3. The Morgan fingerprint density at radius 2 is 1.21 bits per heavy atom. The predicted octanol–water partition coefficient (Wildman–Crippen LogP) is 12.0. The Morgan fingerprint density at radius 1 is 0.528 bits per heavy atom. The quantitative estimate of drug-likeness (QED) is 0.167. The molecule has 3 heterocycles. The fourth-order valence-electron chi connectivity index (χ4n) is 9.75. The van der Waals surface area contributed by atoms with E-state index in [1.807, 2.05) is 11.3 Å². The van der Waals surface area contributed by atoms with Crippen molar-refractivity contribution in [1.29, 1.82) is 0 Å². The number of hydrogen-bond acceptors (Lipinski definition) is 2. The van der Waals surface area contributed by atoms with E-state index in [1.165, 1.54) is 104 Å². The van der Waals surface area contributed by atoms with Crippen molar-refractivity contribution in [3.8, 4) is 44.5 Å². The van der Waals surface area contributed by atoms with Gasteiger partial charge in [-0.05, 0) is 109 Å². The monoisotopic (exact) mass is 689 g/mol. The highest BCUT2D eigenvalue weighted by atomic mass is 32.1. The van der Waals surface area contributed by atoms with Crippen molar-refractivity contribution < 1.29 is 0 Å². The number of anilines is 2. The summed E-state index contributed by atoms with van der Waals surface area (Å²) in [5.41, 5.74) is 18.9. The van der Waals surface area contributed by atoms with Gasteiger partial charge in [0.2, 0.25) is 0 Å². The van der Waals surface area contributed by atoms with E-state index in [4.69, 9.17) is 0 Å². The van der Waals surface area contributed by atoms with Gasteiger partial charge in [-0.25, -0.2) is 0 Å². The fourth-order valence-corrected chi connectivity index (χ4v) is 11.0. The maximum Gasteiger partial charge on any atom is 0.329 e. The van der Waals surface area contributed by atoms with E-state index < -0.39 is 0 Å². The Bertz CT molecular complexity index is 2930. The van der Waals surface area contributed by atoms with Crippen molar-refractivity contribution in [2.75, 3.05) is 4.81 Å². The molecule has 3 heteroatoms. The molecule has 0 spiro atoms. The van der Waals surface area contributed by atoms with Crippen LogP contribution in [0.25, 0.3) is 65.4 Å². The Balaban J connectivity index is 1.18. The molecule has 0 bridgehead atoms. The zero-order valence-corrected chi connectivity index (χ0v) is 29.8. The minimum Gasteiger partial charge on any atom is -0.376 e. The molecule has 9 aromatic rings. The first-order valence-corrected chi connectivity index (χ1v) is 19.4. The van der Waals surface area contributed by atoms with Crippen LogP contribution >= 0.6 is 11.3 Å². The molecule has 12 rings (SSSR count). The number of benzene rings is 8. The van der Waals surface area contributed by atoms with Gasteiger partial charge < -0.3 is 4.81 Å². The zero-order valence-electron chi connectivity index (χ0n) is 29.0. The van der Waals surface area contributed by atoms with Gasteiger partial charge in [0.25, 0.3) is 0 Å². The fraction of sp³-hybridized carbons (Fsp3) is 0.0400. The smallest absolute Gasteiger partial charge is 0.329 e. The number of hydrogen-bond donors (Lipinski definition) is 0. The zero-order chi connectivity index (χ0) is 34.6. The SMILES string of the molecule is c1ccc(-c2ccc(N3B4c5cccc6c5C(Cc5sc7ccccc7c5-6)c5cc(-c6ccccc6)cc(c54)-c4cc5ccccc5cc43)cc2)cc1.